The highest BCUT2D eigenvalue weighted by atomic mass is 79.9. The molecule has 1 aromatic carbocycles. The summed E-state index contributed by atoms with van der Waals surface area (Å²) in [5, 5.41) is 7.51. The molecule has 3 heterocycles. The van der Waals surface area contributed by atoms with Crippen LogP contribution in [-0.2, 0) is 6.18 Å². The summed E-state index contributed by atoms with van der Waals surface area (Å²) < 4.78 is 42.6. The Morgan fingerprint density at radius 1 is 1.23 bits per heavy atom. The summed E-state index contributed by atoms with van der Waals surface area (Å²) in [6.07, 6.45) is -2.87. The zero-order chi connectivity index (χ0) is 18.5. The summed E-state index contributed by atoms with van der Waals surface area (Å²) in [5.74, 6) is 0. The Labute approximate surface area is 160 Å². The maximum absolute atomic E-state index is 13.6. The van der Waals surface area contributed by atoms with Gasteiger partial charge in [0.25, 0.3) is 0 Å². The molecule has 136 valence electrons. The Morgan fingerprint density at radius 3 is 2.58 bits per heavy atom. The molecule has 3 aromatic rings. The van der Waals surface area contributed by atoms with Crippen molar-refractivity contribution >= 4 is 33.2 Å². The average molecular weight is 446 g/mol. The molecule has 1 atom stereocenters. The van der Waals surface area contributed by atoms with Crippen LogP contribution in [-0.4, -0.2) is 21.1 Å². The van der Waals surface area contributed by atoms with Crippen molar-refractivity contribution in [1.82, 2.24) is 19.9 Å². The SMILES string of the molecule is FC(F)(F)c1cc(-c2ccc(Br)cc2)nc2c(Cl)c(C3CCCN3)nn12. The van der Waals surface area contributed by atoms with Gasteiger partial charge in [-0.1, -0.05) is 39.7 Å². The summed E-state index contributed by atoms with van der Waals surface area (Å²) in [6, 6.07) is 7.76. The van der Waals surface area contributed by atoms with Crippen molar-refractivity contribution in [1.29, 1.82) is 0 Å². The van der Waals surface area contributed by atoms with Crippen molar-refractivity contribution in [2.24, 2.45) is 0 Å². The van der Waals surface area contributed by atoms with Crippen molar-refractivity contribution in [3.63, 3.8) is 0 Å². The molecular weight excluding hydrogens is 433 g/mol. The number of nitrogens with zero attached hydrogens (tertiary/aromatic N) is 3. The van der Waals surface area contributed by atoms with E-state index >= 15 is 0 Å². The summed E-state index contributed by atoms with van der Waals surface area (Å²) in [5.41, 5.74) is 0.300. The van der Waals surface area contributed by atoms with Gasteiger partial charge in [0, 0.05) is 10.0 Å². The number of halogens is 5. The number of aromatic nitrogens is 3. The Balaban J connectivity index is 1.95. The van der Waals surface area contributed by atoms with Gasteiger partial charge in [-0.05, 0) is 37.6 Å². The zero-order valence-electron chi connectivity index (χ0n) is 13.3. The van der Waals surface area contributed by atoms with Crippen LogP contribution in [0.15, 0.2) is 34.8 Å². The van der Waals surface area contributed by atoms with Crippen LogP contribution in [0.4, 0.5) is 13.2 Å². The largest absolute Gasteiger partial charge is 0.433 e. The standard InChI is InChI=1S/C17H13BrClF3N4/c18-10-5-3-9(4-6-10)12-8-13(17(20,21)22)26-16(24-12)14(19)15(25-26)11-2-1-7-23-11/h3-6,8,11,23H,1-2,7H2. The highest BCUT2D eigenvalue weighted by Gasteiger charge is 2.37. The van der Waals surface area contributed by atoms with Crippen molar-refractivity contribution in [2.45, 2.75) is 25.1 Å². The molecule has 26 heavy (non-hydrogen) atoms. The van der Waals surface area contributed by atoms with E-state index in [0.717, 1.165) is 34.4 Å². The second-order valence-electron chi connectivity index (χ2n) is 6.11. The van der Waals surface area contributed by atoms with E-state index in [-0.39, 0.29) is 22.4 Å². The molecule has 1 fully saturated rings. The summed E-state index contributed by atoms with van der Waals surface area (Å²) in [4.78, 5) is 4.37. The first kappa shape index (κ1) is 17.8. The first-order valence-electron chi connectivity index (χ1n) is 8.00. The molecule has 0 amide bonds. The molecule has 9 heteroatoms. The first-order chi connectivity index (χ1) is 12.3. The number of hydrogen-bond donors (Lipinski definition) is 1. The topological polar surface area (TPSA) is 42.2 Å². The molecule has 0 aliphatic carbocycles. The molecule has 0 bridgehead atoms. The third kappa shape index (κ3) is 3.10. The molecule has 1 N–H and O–H groups in total. The highest BCUT2D eigenvalue weighted by molar-refractivity contribution is 9.10. The monoisotopic (exact) mass is 444 g/mol. The molecule has 1 unspecified atom stereocenters. The average Bonchev–Trinajstić information content (AvgIpc) is 3.22. The molecular formula is C17H13BrClF3N4. The van der Waals surface area contributed by atoms with Crippen molar-refractivity contribution < 1.29 is 13.2 Å². The molecule has 1 aliphatic rings. The molecule has 4 rings (SSSR count). The number of alkyl halides is 3. The minimum Gasteiger partial charge on any atom is -0.309 e. The Hall–Kier alpha value is -1.64. The van der Waals surface area contributed by atoms with Gasteiger partial charge in [0.2, 0.25) is 0 Å². The molecule has 4 nitrogen and oxygen atoms in total. The van der Waals surface area contributed by atoms with E-state index in [1.54, 1.807) is 24.3 Å². The van der Waals surface area contributed by atoms with Crippen LogP contribution < -0.4 is 5.32 Å². The quantitative estimate of drug-likeness (QED) is 0.585. The fraction of sp³-hybridized carbons (Fsp3) is 0.294. The number of nitrogens with one attached hydrogen (secondary N) is 1. The Kier molecular flexibility index (Phi) is 4.45. The molecule has 0 spiro atoms. The van der Waals surface area contributed by atoms with Crippen LogP contribution in [0.2, 0.25) is 5.02 Å². The van der Waals surface area contributed by atoms with Crippen LogP contribution >= 0.6 is 27.5 Å². The molecule has 1 aliphatic heterocycles. The molecule has 0 radical (unpaired) electrons. The van der Waals surface area contributed by atoms with E-state index in [4.69, 9.17) is 11.6 Å². The Morgan fingerprint density at radius 2 is 1.96 bits per heavy atom. The van der Waals surface area contributed by atoms with Crippen LogP contribution in [0, 0.1) is 0 Å². The van der Waals surface area contributed by atoms with Gasteiger partial charge >= 0.3 is 6.18 Å². The smallest absolute Gasteiger partial charge is 0.309 e. The van der Waals surface area contributed by atoms with Crippen LogP contribution in [0.25, 0.3) is 16.9 Å². The van der Waals surface area contributed by atoms with Crippen molar-refractivity contribution in [3.8, 4) is 11.3 Å². The normalized spacial score (nSPS) is 18.0. The van der Waals surface area contributed by atoms with Crippen LogP contribution in [0.1, 0.15) is 30.3 Å². The number of fused-ring (bicyclic) bond motifs is 1. The second-order valence-corrected chi connectivity index (χ2v) is 7.41. The van der Waals surface area contributed by atoms with E-state index in [0.29, 0.717) is 11.3 Å². The number of hydrogen-bond acceptors (Lipinski definition) is 3. The minimum absolute atomic E-state index is 0.0168. The predicted octanol–water partition coefficient (Wildman–Crippen LogP) is 5.26. The van der Waals surface area contributed by atoms with E-state index in [1.807, 2.05) is 0 Å². The fourth-order valence-electron chi connectivity index (χ4n) is 3.12. The lowest BCUT2D eigenvalue weighted by molar-refractivity contribution is -0.142. The van der Waals surface area contributed by atoms with Gasteiger partial charge < -0.3 is 5.32 Å². The van der Waals surface area contributed by atoms with Gasteiger partial charge in [0.05, 0.1) is 11.7 Å². The van der Waals surface area contributed by atoms with Gasteiger partial charge in [-0.15, -0.1) is 0 Å². The predicted molar refractivity (Wildman–Crippen MR) is 96.1 cm³/mol. The van der Waals surface area contributed by atoms with Crippen molar-refractivity contribution in [3.05, 3.63) is 51.2 Å². The van der Waals surface area contributed by atoms with E-state index in [2.05, 4.69) is 31.3 Å². The van der Waals surface area contributed by atoms with Gasteiger partial charge in [0.15, 0.2) is 11.3 Å². The van der Waals surface area contributed by atoms with Gasteiger partial charge in [0.1, 0.15) is 10.7 Å². The molecule has 2 aromatic heterocycles. The number of benzene rings is 1. The van der Waals surface area contributed by atoms with Gasteiger partial charge in [-0.2, -0.15) is 18.3 Å². The van der Waals surface area contributed by atoms with Crippen molar-refractivity contribution in [2.75, 3.05) is 6.54 Å². The highest BCUT2D eigenvalue weighted by Crippen LogP contribution is 2.37. The van der Waals surface area contributed by atoms with Crippen LogP contribution in [0.3, 0.4) is 0 Å². The van der Waals surface area contributed by atoms with E-state index < -0.39 is 11.9 Å². The van der Waals surface area contributed by atoms with Gasteiger partial charge in [-0.3, -0.25) is 0 Å². The first-order valence-corrected chi connectivity index (χ1v) is 9.17. The maximum Gasteiger partial charge on any atom is 0.433 e. The minimum atomic E-state index is -4.58. The third-order valence-electron chi connectivity index (χ3n) is 4.38. The Bertz CT molecular complexity index is 963. The summed E-state index contributed by atoms with van der Waals surface area (Å²) in [6.45, 7) is 0.790. The summed E-state index contributed by atoms with van der Waals surface area (Å²) in [7, 11) is 0. The van der Waals surface area contributed by atoms with Gasteiger partial charge in [-0.25, -0.2) is 9.50 Å². The van der Waals surface area contributed by atoms with E-state index in [9.17, 15) is 13.2 Å². The third-order valence-corrected chi connectivity index (χ3v) is 5.27. The van der Waals surface area contributed by atoms with E-state index in [1.165, 1.54) is 0 Å². The fourth-order valence-corrected chi connectivity index (χ4v) is 3.68. The second kappa shape index (κ2) is 6.51. The molecule has 1 saturated heterocycles. The lowest BCUT2D eigenvalue weighted by atomic mass is 10.1. The van der Waals surface area contributed by atoms with Crippen LogP contribution in [0.5, 0.6) is 0 Å². The lowest BCUT2D eigenvalue weighted by Crippen LogP contribution is -2.15. The number of rotatable bonds is 2. The zero-order valence-corrected chi connectivity index (χ0v) is 15.7. The molecule has 0 saturated carbocycles. The maximum atomic E-state index is 13.6. The summed E-state index contributed by atoms with van der Waals surface area (Å²) >= 11 is 9.70. The lowest BCUT2D eigenvalue weighted by Gasteiger charge is -2.11.